The minimum absolute atomic E-state index is 0.00872. The highest BCUT2D eigenvalue weighted by Crippen LogP contribution is 2.25. The van der Waals surface area contributed by atoms with Crippen molar-refractivity contribution in [1.29, 1.82) is 0 Å². The second-order valence-corrected chi connectivity index (χ2v) is 10.1. The topological polar surface area (TPSA) is 80.1 Å². The predicted octanol–water partition coefficient (Wildman–Crippen LogP) is 3.86. The van der Waals surface area contributed by atoms with Crippen LogP contribution in [0, 0.1) is 18.8 Å². The van der Waals surface area contributed by atoms with Crippen LogP contribution in [0.3, 0.4) is 0 Å². The van der Waals surface area contributed by atoms with Gasteiger partial charge in [0.05, 0.1) is 23.7 Å². The Morgan fingerprint density at radius 3 is 2.66 bits per heavy atom. The van der Waals surface area contributed by atoms with Crippen LogP contribution in [0.15, 0.2) is 29.8 Å². The molecule has 7 nitrogen and oxygen atoms in total. The molecule has 0 radical (unpaired) electrons. The highest BCUT2D eigenvalue weighted by atomic mass is 32.1. The molecule has 0 bridgehead atoms. The molecule has 1 unspecified atom stereocenters. The summed E-state index contributed by atoms with van der Waals surface area (Å²) in [6, 6.07) is 6.10. The van der Waals surface area contributed by atoms with Crippen molar-refractivity contribution in [2.24, 2.45) is 11.8 Å². The zero-order chi connectivity index (χ0) is 22.8. The number of carbonyl (C=O) groups is 2. The molecule has 8 heteroatoms. The van der Waals surface area contributed by atoms with Gasteiger partial charge in [-0.3, -0.25) is 9.59 Å². The molecule has 4 heterocycles. The van der Waals surface area contributed by atoms with Crippen LogP contribution < -0.4 is 5.32 Å². The molecule has 32 heavy (non-hydrogen) atoms. The van der Waals surface area contributed by atoms with Gasteiger partial charge in [0.2, 0.25) is 5.91 Å². The number of nitrogens with zero attached hydrogens (tertiary/aromatic N) is 4. The van der Waals surface area contributed by atoms with E-state index in [-0.39, 0.29) is 23.8 Å². The van der Waals surface area contributed by atoms with Crippen molar-refractivity contribution in [2.45, 2.75) is 53.1 Å². The fourth-order valence-corrected chi connectivity index (χ4v) is 4.73. The Balaban J connectivity index is 1.47. The van der Waals surface area contributed by atoms with E-state index < -0.39 is 0 Å². The molecule has 1 aliphatic heterocycles. The van der Waals surface area contributed by atoms with E-state index in [9.17, 15) is 9.59 Å². The van der Waals surface area contributed by atoms with Crippen molar-refractivity contribution in [3.05, 3.63) is 45.9 Å². The lowest BCUT2D eigenvalue weighted by molar-refractivity contribution is -0.127. The van der Waals surface area contributed by atoms with Gasteiger partial charge in [-0.25, -0.2) is 9.67 Å². The third-order valence-corrected chi connectivity index (χ3v) is 7.24. The smallest absolute Gasteiger partial charge is 0.254 e. The molecule has 1 aliphatic rings. The van der Waals surface area contributed by atoms with Crippen molar-refractivity contribution >= 4 is 34.2 Å². The number of carbonyl (C=O) groups excluding carboxylic acids is 2. The van der Waals surface area contributed by atoms with Crippen LogP contribution in [-0.2, 0) is 11.3 Å². The minimum atomic E-state index is -0.0343. The number of hydrogen-bond acceptors (Lipinski definition) is 5. The number of nitrogens with one attached hydrogen (secondary N) is 1. The molecule has 0 aromatic carbocycles. The SMILES string of the molecule is Cc1cc(C(=O)N2CCC(C(=O)NC(C)C(C)C)CC2)c2cnn(Cc3cccs3)c2n1. The van der Waals surface area contributed by atoms with Crippen LogP contribution in [0.1, 0.15) is 54.5 Å². The predicted molar refractivity (Wildman–Crippen MR) is 127 cm³/mol. The Bertz CT molecular complexity index is 1100. The quantitative estimate of drug-likeness (QED) is 0.615. The fraction of sp³-hybridized carbons (Fsp3) is 0.500. The van der Waals surface area contributed by atoms with E-state index in [0.717, 1.165) is 16.7 Å². The zero-order valence-corrected chi connectivity index (χ0v) is 20.0. The van der Waals surface area contributed by atoms with Crippen molar-refractivity contribution < 1.29 is 9.59 Å². The molecule has 0 spiro atoms. The third-order valence-electron chi connectivity index (χ3n) is 6.38. The number of rotatable bonds is 6. The van der Waals surface area contributed by atoms with Gasteiger partial charge < -0.3 is 10.2 Å². The standard InChI is InChI=1S/C24H31N5O2S/c1-15(2)17(4)27-23(30)18-7-9-28(10-8-18)24(31)20-12-16(3)26-22-21(20)13-25-29(22)14-19-6-5-11-32-19/h5-6,11-13,15,17-18H,7-10,14H2,1-4H3,(H,27,30). The van der Waals surface area contributed by atoms with Gasteiger partial charge in [-0.2, -0.15) is 5.10 Å². The number of aromatic nitrogens is 3. The maximum Gasteiger partial charge on any atom is 0.254 e. The van der Waals surface area contributed by atoms with E-state index >= 15 is 0 Å². The Morgan fingerprint density at radius 2 is 2.00 bits per heavy atom. The number of fused-ring (bicyclic) bond motifs is 1. The molecule has 0 saturated carbocycles. The summed E-state index contributed by atoms with van der Waals surface area (Å²) < 4.78 is 1.86. The maximum absolute atomic E-state index is 13.4. The van der Waals surface area contributed by atoms with E-state index in [0.29, 0.717) is 44.0 Å². The lowest BCUT2D eigenvalue weighted by Gasteiger charge is -2.32. The molecule has 1 saturated heterocycles. The minimum Gasteiger partial charge on any atom is -0.353 e. The summed E-state index contributed by atoms with van der Waals surface area (Å²) >= 11 is 1.68. The molecule has 3 aromatic heterocycles. The van der Waals surface area contributed by atoms with Crippen LogP contribution in [-0.4, -0.2) is 50.6 Å². The molecule has 0 aliphatic carbocycles. The first-order chi connectivity index (χ1) is 15.3. The Kier molecular flexibility index (Phi) is 6.60. The van der Waals surface area contributed by atoms with Gasteiger partial charge in [-0.05, 0) is 50.1 Å². The number of piperidine rings is 1. The summed E-state index contributed by atoms with van der Waals surface area (Å²) in [5.74, 6) is 0.465. The number of likely N-dealkylation sites (tertiary alicyclic amines) is 1. The third kappa shape index (κ3) is 4.70. The summed E-state index contributed by atoms with van der Waals surface area (Å²) in [6.45, 7) is 9.96. The number of aryl methyl sites for hydroxylation is 1. The van der Waals surface area contributed by atoms with Gasteiger partial charge in [-0.1, -0.05) is 19.9 Å². The van der Waals surface area contributed by atoms with Crippen molar-refractivity contribution in [2.75, 3.05) is 13.1 Å². The first-order valence-electron chi connectivity index (χ1n) is 11.3. The molecular formula is C24H31N5O2S. The van der Waals surface area contributed by atoms with Crippen LogP contribution in [0.4, 0.5) is 0 Å². The number of thiophene rings is 1. The number of hydrogen-bond donors (Lipinski definition) is 1. The van der Waals surface area contributed by atoms with E-state index in [1.54, 1.807) is 17.5 Å². The van der Waals surface area contributed by atoms with Gasteiger partial charge in [0.1, 0.15) is 0 Å². The summed E-state index contributed by atoms with van der Waals surface area (Å²) in [6.07, 6.45) is 3.12. The van der Waals surface area contributed by atoms with Gasteiger partial charge in [0.15, 0.2) is 5.65 Å². The van der Waals surface area contributed by atoms with E-state index in [1.165, 1.54) is 4.88 Å². The Labute approximate surface area is 192 Å². The molecule has 1 N–H and O–H groups in total. The number of pyridine rings is 1. The van der Waals surface area contributed by atoms with Crippen molar-refractivity contribution in [3.63, 3.8) is 0 Å². The van der Waals surface area contributed by atoms with Crippen LogP contribution >= 0.6 is 11.3 Å². The second kappa shape index (κ2) is 9.40. The van der Waals surface area contributed by atoms with Gasteiger partial charge >= 0.3 is 0 Å². The average molecular weight is 454 g/mol. The lowest BCUT2D eigenvalue weighted by Crippen LogP contribution is -2.45. The van der Waals surface area contributed by atoms with Gasteiger partial charge in [0, 0.05) is 35.6 Å². The van der Waals surface area contributed by atoms with Gasteiger partial charge in [0.25, 0.3) is 5.91 Å². The van der Waals surface area contributed by atoms with Crippen LogP contribution in [0.2, 0.25) is 0 Å². The zero-order valence-electron chi connectivity index (χ0n) is 19.2. The van der Waals surface area contributed by atoms with E-state index in [2.05, 4.69) is 35.3 Å². The van der Waals surface area contributed by atoms with E-state index in [4.69, 9.17) is 0 Å². The molecule has 1 fully saturated rings. The first-order valence-corrected chi connectivity index (χ1v) is 12.2. The summed E-state index contributed by atoms with van der Waals surface area (Å²) in [7, 11) is 0. The lowest BCUT2D eigenvalue weighted by atomic mass is 9.94. The molecule has 1 atom stereocenters. The molecule has 2 amide bonds. The normalized spacial score (nSPS) is 16.0. The highest BCUT2D eigenvalue weighted by molar-refractivity contribution is 7.09. The summed E-state index contributed by atoms with van der Waals surface area (Å²) in [4.78, 5) is 33.7. The van der Waals surface area contributed by atoms with Crippen LogP contribution in [0.25, 0.3) is 11.0 Å². The Hall–Kier alpha value is -2.74. The first kappa shape index (κ1) is 22.5. The Morgan fingerprint density at radius 1 is 1.25 bits per heavy atom. The largest absolute Gasteiger partial charge is 0.353 e. The monoisotopic (exact) mass is 453 g/mol. The number of amides is 2. The maximum atomic E-state index is 13.4. The summed E-state index contributed by atoms with van der Waals surface area (Å²) in [5, 5.41) is 10.5. The van der Waals surface area contributed by atoms with E-state index in [1.807, 2.05) is 40.9 Å². The molecule has 4 rings (SSSR count). The highest BCUT2D eigenvalue weighted by Gasteiger charge is 2.30. The fourth-order valence-electron chi connectivity index (χ4n) is 4.04. The molecule has 170 valence electrons. The molecule has 3 aromatic rings. The van der Waals surface area contributed by atoms with Crippen molar-refractivity contribution in [3.8, 4) is 0 Å². The second-order valence-electron chi connectivity index (χ2n) is 9.04. The molecular weight excluding hydrogens is 422 g/mol. The summed E-state index contributed by atoms with van der Waals surface area (Å²) in [5.41, 5.74) is 2.17. The van der Waals surface area contributed by atoms with Gasteiger partial charge in [-0.15, -0.1) is 11.3 Å². The van der Waals surface area contributed by atoms with Crippen LogP contribution in [0.5, 0.6) is 0 Å². The average Bonchev–Trinajstić information content (AvgIpc) is 3.43. The van der Waals surface area contributed by atoms with Crippen molar-refractivity contribution in [1.82, 2.24) is 25.0 Å².